The number of anilines is 1. The van der Waals surface area contributed by atoms with Crippen LogP contribution >= 0.6 is 22.9 Å². The topological polar surface area (TPSA) is 83.1 Å². The number of carbonyl (C=O) groups is 2. The number of aryl methyl sites for hydroxylation is 2. The molecule has 0 saturated carbocycles. The minimum atomic E-state index is -0.392. The van der Waals surface area contributed by atoms with E-state index in [-0.39, 0.29) is 5.91 Å². The number of thiazole rings is 1. The van der Waals surface area contributed by atoms with Crippen molar-refractivity contribution in [2.24, 2.45) is 0 Å². The van der Waals surface area contributed by atoms with Crippen molar-refractivity contribution >= 4 is 40.6 Å². The Labute approximate surface area is 149 Å². The lowest BCUT2D eigenvalue weighted by atomic mass is 10.2. The van der Waals surface area contributed by atoms with Crippen LogP contribution in [-0.4, -0.2) is 24.0 Å². The maximum absolute atomic E-state index is 12.1. The van der Waals surface area contributed by atoms with Gasteiger partial charge >= 0.3 is 6.03 Å². The van der Waals surface area contributed by atoms with Crippen LogP contribution in [0.5, 0.6) is 0 Å². The molecule has 0 atom stereocenters. The second-order valence-corrected chi connectivity index (χ2v) is 6.63. The number of benzene rings is 1. The fourth-order valence-corrected chi connectivity index (χ4v) is 3.15. The van der Waals surface area contributed by atoms with Gasteiger partial charge in [-0.15, -0.1) is 11.3 Å². The molecular formula is C16H19ClN4O2S. The predicted molar refractivity (Wildman–Crippen MR) is 96.9 cm³/mol. The Morgan fingerprint density at radius 1 is 1.33 bits per heavy atom. The summed E-state index contributed by atoms with van der Waals surface area (Å²) in [6, 6.07) is 4.31. The zero-order valence-electron chi connectivity index (χ0n) is 13.7. The number of rotatable bonds is 5. The Morgan fingerprint density at radius 2 is 2.08 bits per heavy atom. The SMILES string of the molecule is CCc1nc(C)c(CNC(=O)Nc2cc(C(=O)NC)ccc2Cl)s1. The van der Waals surface area contributed by atoms with Crippen LogP contribution in [0.2, 0.25) is 5.02 Å². The quantitative estimate of drug-likeness (QED) is 0.758. The number of amides is 3. The molecule has 1 heterocycles. The number of hydrogen-bond donors (Lipinski definition) is 3. The molecule has 3 N–H and O–H groups in total. The zero-order chi connectivity index (χ0) is 17.7. The van der Waals surface area contributed by atoms with Gasteiger partial charge < -0.3 is 16.0 Å². The normalized spacial score (nSPS) is 10.3. The lowest BCUT2D eigenvalue weighted by Gasteiger charge is -2.10. The van der Waals surface area contributed by atoms with E-state index in [9.17, 15) is 9.59 Å². The molecule has 0 aliphatic rings. The minimum Gasteiger partial charge on any atom is -0.355 e. The van der Waals surface area contributed by atoms with Gasteiger partial charge in [0.2, 0.25) is 0 Å². The Kier molecular flexibility index (Phi) is 6.16. The Morgan fingerprint density at radius 3 is 2.71 bits per heavy atom. The van der Waals surface area contributed by atoms with Crippen molar-refractivity contribution in [3.8, 4) is 0 Å². The van der Waals surface area contributed by atoms with E-state index < -0.39 is 6.03 Å². The van der Waals surface area contributed by atoms with E-state index in [1.807, 2.05) is 13.8 Å². The Hall–Kier alpha value is -2.12. The predicted octanol–water partition coefficient (Wildman–Crippen LogP) is 3.35. The second kappa shape index (κ2) is 8.12. The van der Waals surface area contributed by atoms with Crippen LogP contribution in [0.15, 0.2) is 18.2 Å². The van der Waals surface area contributed by atoms with E-state index in [0.717, 1.165) is 22.0 Å². The molecule has 1 aromatic heterocycles. The molecule has 3 amide bonds. The largest absolute Gasteiger partial charge is 0.355 e. The van der Waals surface area contributed by atoms with E-state index >= 15 is 0 Å². The number of nitrogens with one attached hydrogen (secondary N) is 3. The standard InChI is InChI=1S/C16H19ClN4O2S/c1-4-14-20-9(2)13(24-14)8-19-16(23)21-12-7-10(15(22)18-3)5-6-11(12)17/h5-7H,4,8H2,1-3H3,(H,18,22)(H2,19,21,23). The third kappa shape index (κ3) is 4.46. The molecule has 2 aromatic rings. The summed E-state index contributed by atoms with van der Waals surface area (Å²) in [6.07, 6.45) is 0.875. The maximum atomic E-state index is 12.1. The number of carbonyl (C=O) groups excluding carboxylic acids is 2. The van der Waals surface area contributed by atoms with Crippen LogP contribution in [0, 0.1) is 6.92 Å². The molecule has 1 aromatic carbocycles. The third-order valence-electron chi connectivity index (χ3n) is 3.35. The molecule has 8 heteroatoms. The molecule has 2 rings (SSSR count). The highest BCUT2D eigenvalue weighted by Gasteiger charge is 2.11. The molecule has 6 nitrogen and oxygen atoms in total. The molecule has 0 radical (unpaired) electrons. The van der Waals surface area contributed by atoms with Crippen molar-refractivity contribution in [2.45, 2.75) is 26.8 Å². The van der Waals surface area contributed by atoms with Gasteiger partial charge in [-0.05, 0) is 31.5 Å². The van der Waals surface area contributed by atoms with Gasteiger partial charge in [-0.3, -0.25) is 4.79 Å². The summed E-state index contributed by atoms with van der Waals surface area (Å²) in [7, 11) is 1.54. The van der Waals surface area contributed by atoms with Gasteiger partial charge in [0.15, 0.2) is 0 Å². The first kappa shape index (κ1) is 18.2. The van der Waals surface area contributed by atoms with E-state index in [2.05, 4.69) is 20.9 Å². The number of aromatic nitrogens is 1. The van der Waals surface area contributed by atoms with Crippen LogP contribution < -0.4 is 16.0 Å². The van der Waals surface area contributed by atoms with Gasteiger partial charge in [-0.25, -0.2) is 9.78 Å². The highest BCUT2D eigenvalue weighted by molar-refractivity contribution is 7.11. The lowest BCUT2D eigenvalue weighted by molar-refractivity contribution is 0.0963. The van der Waals surface area contributed by atoms with Gasteiger partial charge in [-0.1, -0.05) is 18.5 Å². The first-order chi connectivity index (χ1) is 11.4. The van der Waals surface area contributed by atoms with Gasteiger partial charge in [0.05, 0.1) is 28.0 Å². The molecule has 24 heavy (non-hydrogen) atoms. The summed E-state index contributed by atoms with van der Waals surface area (Å²) in [5.41, 5.74) is 1.73. The summed E-state index contributed by atoms with van der Waals surface area (Å²) >= 11 is 7.66. The number of hydrogen-bond acceptors (Lipinski definition) is 4. The van der Waals surface area contributed by atoms with Crippen LogP contribution in [0.4, 0.5) is 10.5 Å². The smallest absolute Gasteiger partial charge is 0.319 e. The van der Waals surface area contributed by atoms with Crippen LogP contribution in [0.1, 0.15) is 32.9 Å². The van der Waals surface area contributed by atoms with Gasteiger partial charge in [-0.2, -0.15) is 0 Å². The molecule has 0 spiro atoms. The van der Waals surface area contributed by atoms with Gasteiger partial charge in [0, 0.05) is 17.5 Å². The van der Waals surface area contributed by atoms with Crippen molar-refractivity contribution in [3.05, 3.63) is 44.4 Å². The van der Waals surface area contributed by atoms with Crippen molar-refractivity contribution in [3.63, 3.8) is 0 Å². The average molecular weight is 367 g/mol. The Bertz CT molecular complexity index is 761. The summed E-state index contributed by atoms with van der Waals surface area (Å²) < 4.78 is 0. The van der Waals surface area contributed by atoms with Crippen LogP contribution in [0.3, 0.4) is 0 Å². The highest BCUT2D eigenvalue weighted by Crippen LogP contribution is 2.23. The summed E-state index contributed by atoms with van der Waals surface area (Å²) in [4.78, 5) is 29.2. The molecule has 0 aliphatic carbocycles. The second-order valence-electron chi connectivity index (χ2n) is 5.05. The number of nitrogens with zero attached hydrogens (tertiary/aromatic N) is 1. The summed E-state index contributed by atoms with van der Waals surface area (Å²) in [5.74, 6) is -0.248. The minimum absolute atomic E-state index is 0.248. The number of halogens is 1. The van der Waals surface area contributed by atoms with Crippen molar-refractivity contribution in [2.75, 3.05) is 12.4 Å². The van der Waals surface area contributed by atoms with Gasteiger partial charge in [0.25, 0.3) is 5.91 Å². The molecule has 0 fully saturated rings. The molecule has 0 aliphatic heterocycles. The number of urea groups is 1. The van der Waals surface area contributed by atoms with E-state index in [1.165, 1.54) is 6.07 Å². The molecule has 0 unspecified atom stereocenters. The van der Waals surface area contributed by atoms with Crippen molar-refractivity contribution in [1.82, 2.24) is 15.6 Å². The fourth-order valence-electron chi connectivity index (χ4n) is 2.04. The average Bonchev–Trinajstić information content (AvgIpc) is 2.94. The van der Waals surface area contributed by atoms with E-state index in [4.69, 9.17) is 11.6 Å². The van der Waals surface area contributed by atoms with Crippen molar-refractivity contribution < 1.29 is 9.59 Å². The highest BCUT2D eigenvalue weighted by atomic mass is 35.5. The first-order valence-corrected chi connectivity index (χ1v) is 8.65. The molecule has 0 saturated heterocycles. The van der Waals surface area contributed by atoms with Crippen LogP contribution in [0.25, 0.3) is 0 Å². The third-order valence-corrected chi connectivity index (χ3v) is 4.98. The lowest BCUT2D eigenvalue weighted by Crippen LogP contribution is -2.28. The molecule has 0 bridgehead atoms. The molecular weight excluding hydrogens is 348 g/mol. The van der Waals surface area contributed by atoms with E-state index in [1.54, 1.807) is 30.5 Å². The zero-order valence-corrected chi connectivity index (χ0v) is 15.3. The Balaban J connectivity index is 2.01. The van der Waals surface area contributed by atoms with Gasteiger partial charge in [0.1, 0.15) is 0 Å². The van der Waals surface area contributed by atoms with E-state index in [0.29, 0.717) is 22.8 Å². The molecule has 128 valence electrons. The monoisotopic (exact) mass is 366 g/mol. The fraction of sp³-hybridized carbons (Fsp3) is 0.312. The summed E-state index contributed by atoms with van der Waals surface area (Å²) in [6.45, 7) is 4.36. The maximum Gasteiger partial charge on any atom is 0.319 e. The summed E-state index contributed by atoms with van der Waals surface area (Å²) in [5, 5.41) is 9.37. The van der Waals surface area contributed by atoms with Crippen molar-refractivity contribution in [1.29, 1.82) is 0 Å². The first-order valence-electron chi connectivity index (χ1n) is 7.46. The van der Waals surface area contributed by atoms with Crippen LogP contribution in [-0.2, 0) is 13.0 Å².